The Kier molecular flexibility index (Phi) is 4.32. The molecule has 6 rings (SSSR count). The number of hydrogen-bond acceptors (Lipinski definition) is 2. The van der Waals surface area contributed by atoms with Crippen LogP contribution in [0.4, 0.5) is 11.4 Å². The Balaban J connectivity index is 1.39. The first-order valence-corrected chi connectivity index (χ1v) is 11.3. The number of fused-ring (bicyclic) bond motifs is 5. The number of anilines is 2. The van der Waals surface area contributed by atoms with Crippen LogP contribution in [0.3, 0.4) is 0 Å². The van der Waals surface area contributed by atoms with Gasteiger partial charge in [-0.25, -0.2) is 0 Å². The van der Waals surface area contributed by atoms with Gasteiger partial charge in [0.2, 0.25) is 5.91 Å². The van der Waals surface area contributed by atoms with Gasteiger partial charge in [-0.15, -0.1) is 0 Å². The molecule has 0 unspecified atom stereocenters. The lowest BCUT2D eigenvalue weighted by Crippen LogP contribution is -2.29. The van der Waals surface area contributed by atoms with Crippen molar-refractivity contribution in [1.29, 1.82) is 0 Å². The second kappa shape index (κ2) is 7.33. The summed E-state index contributed by atoms with van der Waals surface area (Å²) in [5.41, 5.74) is 4.29. The third-order valence-corrected chi connectivity index (χ3v) is 7.04. The van der Waals surface area contributed by atoms with Crippen molar-refractivity contribution in [2.24, 2.45) is 0 Å². The summed E-state index contributed by atoms with van der Waals surface area (Å²) in [6.07, 6.45) is 0.427. The molecule has 0 spiro atoms. The summed E-state index contributed by atoms with van der Waals surface area (Å²) in [6, 6.07) is 33.2. The summed E-state index contributed by atoms with van der Waals surface area (Å²) in [6.45, 7) is 0.640. The molecule has 0 fully saturated rings. The van der Waals surface area contributed by atoms with Crippen LogP contribution in [0.25, 0.3) is 21.8 Å². The first-order chi connectivity index (χ1) is 15.3. The third-order valence-electron chi connectivity index (χ3n) is 5.91. The van der Waals surface area contributed by atoms with Gasteiger partial charge in [0.05, 0.1) is 11.4 Å². The second-order valence-corrected chi connectivity index (χ2v) is 8.79. The fraction of sp³-hybridized carbons (Fsp3) is 0.0741. The zero-order valence-corrected chi connectivity index (χ0v) is 17.7. The van der Waals surface area contributed by atoms with Crippen LogP contribution in [0.1, 0.15) is 6.42 Å². The van der Waals surface area contributed by atoms with E-state index >= 15 is 0 Å². The maximum atomic E-state index is 13.6. The van der Waals surface area contributed by atoms with Gasteiger partial charge in [0.25, 0.3) is 0 Å². The topological polar surface area (TPSA) is 25.2 Å². The number of carbonyl (C=O) groups is 1. The van der Waals surface area contributed by atoms with E-state index in [4.69, 9.17) is 0 Å². The van der Waals surface area contributed by atoms with Crippen molar-refractivity contribution in [3.8, 4) is 0 Å². The number of para-hydroxylation sites is 4. The van der Waals surface area contributed by atoms with Crippen LogP contribution in [0, 0.1) is 0 Å². The van der Waals surface area contributed by atoms with E-state index < -0.39 is 0 Å². The van der Waals surface area contributed by atoms with Crippen molar-refractivity contribution in [2.45, 2.75) is 22.8 Å². The standard InChI is InChI=1S/C27H20N2OS/c30-27(29-23-13-5-7-15-25(23)31-26-16-8-6-14-24(26)29)17-18-28-21-11-3-1-9-19(21)20-10-2-4-12-22(20)28/h1-16H,17-18H2. The molecule has 1 aliphatic rings. The van der Waals surface area contributed by atoms with Gasteiger partial charge in [-0.1, -0.05) is 72.4 Å². The van der Waals surface area contributed by atoms with Crippen molar-refractivity contribution >= 4 is 50.8 Å². The number of aryl methyl sites for hydroxylation is 1. The van der Waals surface area contributed by atoms with Gasteiger partial charge in [-0.2, -0.15) is 0 Å². The van der Waals surface area contributed by atoms with Crippen molar-refractivity contribution in [3.63, 3.8) is 0 Å². The van der Waals surface area contributed by atoms with Gasteiger partial charge in [0.1, 0.15) is 0 Å². The van der Waals surface area contributed by atoms with Crippen molar-refractivity contribution in [1.82, 2.24) is 4.57 Å². The Morgan fingerprint density at radius 2 is 1.13 bits per heavy atom. The molecule has 4 aromatic carbocycles. The third kappa shape index (κ3) is 2.94. The summed E-state index contributed by atoms with van der Waals surface area (Å²) in [4.78, 5) is 17.7. The largest absolute Gasteiger partial charge is 0.340 e. The van der Waals surface area contributed by atoms with Crippen LogP contribution >= 0.6 is 11.8 Å². The summed E-state index contributed by atoms with van der Waals surface area (Å²) in [5.74, 6) is 0.113. The molecule has 0 N–H and O–H groups in total. The van der Waals surface area contributed by atoms with E-state index in [2.05, 4.69) is 65.2 Å². The average molecular weight is 421 g/mol. The molecular formula is C27H20N2OS. The van der Waals surface area contributed by atoms with Crippen LogP contribution < -0.4 is 4.90 Å². The Hall–Kier alpha value is -3.50. The molecule has 31 heavy (non-hydrogen) atoms. The van der Waals surface area contributed by atoms with Crippen LogP contribution in [-0.4, -0.2) is 10.5 Å². The van der Waals surface area contributed by atoms with Crippen LogP contribution in [0.5, 0.6) is 0 Å². The molecular weight excluding hydrogens is 400 g/mol. The summed E-state index contributed by atoms with van der Waals surface area (Å²) < 4.78 is 2.28. The zero-order chi connectivity index (χ0) is 20.8. The lowest BCUT2D eigenvalue weighted by atomic mass is 10.2. The van der Waals surface area contributed by atoms with E-state index in [9.17, 15) is 4.79 Å². The number of benzene rings is 4. The van der Waals surface area contributed by atoms with Crippen molar-refractivity contribution < 1.29 is 4.79 Å². The SMILES string of the molecule is O=C(CCn1c2ccccc2c2ccccc21)N1c2ccccc2Sc2ccccc21. The quantitative estimate of drug-likeness (QED) is 0.313. The zero-order valence-electron chi connectivity index (χ0n) is 16.9. The lowest BCUT2D eigenvalue weighted by Gasteiger charge is -2.31. The van der Waals surface area contributed by atoms with Gasteiger partial charge in [0, 0.05) is 44.6 Å². The van der Waals surface area contributed by atoms with E-state index in [-0.39, 0.29) is 5.91 Å². The highest BCUT2D eigenvalue weighted by atomic mass is 32.2. The number of hydrogen-bond donors (Lipinski definition) is 0. The van der Waals surface area contributed by atoms with Crippen molar-refractivity contribution in [3.05, 3.63) is 97.1 Å². The highest BCUT2D eigenvalue weighted by Crippen LogP contribution is 2.48. The molecule has 0 saturated carbocycles. The number of nitrogens with zero attached hydrogens (tertiary/aromatic N) is 2. The Morgan fingerprint density at radius 3 is 1.71 bits per heavy atom. The molecule has 2 heterocycles. The van der Waals surface area contributed by atoms with Crippen LogP contribution in [-0.2, 0) is 11.3 Å². The predicted molar refractivity (Wildman–Crippen MR) is 128 cm³/mol. The van der Waals surface area contributed by atoms with E-state index in [0.29, 0.717) is 13.0 Å². The van der Waals surface area contributed by atoms with Crippen molar-refractivity contribution in [2.75, 3.05) is 4.90 Å². The van der Waals surface area contributed by atoms with Gasteiger partial charge >= 0.3 is 0 Å². The number of carbonyl (C=O) groups excluding carboxylic acids is 1. The minimum absolute atomic E-state index is 0.113. The lowest BCUT2D eigenvalue weighted by molar-refractivity contribution is -0.118. The number of amides is 1. The maximum absolute atomic E-state index is 13.6. The summed E-state index contributed by atoms with van der Waals surface area (Å²) >= 11 is 1.72. The predicted octanol–water partition coefficient (Wildman–Crippen LogP) is 7.01. The maximum Gasteiger partial charge on any atom is 0.233 e. The molecule has 1 aliphatic heterocycles. The molecule has 150 valence electrons. The monoisotopic (exact) mass is 420 g/mol. The van der Waals surface area contributed by atoms with E-state index in [1.165, 1.54) is 21.8 Å². The molecule has 1 amide bonds. The van der Waals surface area contributed by atoms with E-state index in [1.54, 1.807) is 11.8 Å². The molecule has 1 aromatic heterocycles. The molecule has 5 aromatic rings. The molecule has 3 nitrogen and oxygen atoms in total. The molecule has 0 bridgehead atoms. The Morgan fingerprint density at radius 1 is 0.645 bits per heavy atom. The molecule has 0 radical (unpaired) electrons. The Bertz CT molecular complexity index is 1350. The first kappa shape index (κ1) is 18.3. The summed E-state index contributed by atoms with van der Waals surface area (Å²) in [5, 5.41) is 2.46. The van der Waals surface area contributed by atoms with Gasteiger partial charge in [-0.05, 0) is 36.4 Å². The fourth-order valence-electron chi connectivity index (χ4n) is 4.54. The van der Waals surface area contributed by atoms with Crippen LogP contribution in [0.15, 0.2) is 107 Å². The fourth-order valence-corrected chi connectivity index (χ4v) is 5.59. The normalized spacial score (nSPS) is 12.7. The number of rotatable bonds is 3. The molecule has 0 aliphatic carbocycles. The number of aromatic nitrogens is 1. The summed E-state index contributed by atoms with van der Waals surface area (Å²) in [7, 11) is 0. The second-order valence-electron chi connectivity index (χ2n) is 7.70. The highest BCUT2D eigenvalue weighted by Gasteiger charge is 2.27. The van der Waals surface area contributed by atoms with E-state index in [0.717, 1.165) is 21.2 Å². The Labute approximate surface area is 184 Å². The molecule has 0 saturated heterocycles. The van der Waals surface area contributed by atoms with Crippen LogP contribution in [0.2, 0.25) is 0 Å². The minimum Gasteiger partial charge on any atom is -0.340 e. The minimum atomic E-state index is 0.113. The van der Waals surface area contributed by atoms with Gasteiger partial charge in [0.15, 0.2) is 0 Å². The first-order valence-electron chi connectivity index (χ1n) is 10.5. The molecule has 4 heteroatoms. The van der Waals surface area contributed by atoms with Gasteiger partial charge in [-0.3, -0.25) is 9.69 Å². The smallest absolute Gasteiger partial charge is 0.233 e. The highest BCUT2D eigenvalue weighted by molar-refractivity contribution is 7.99. The average Bonchev–Trinajstić information content (AvgIpc) is 3.14. The molecule has 0 atom stereocenters. The van der Waals surface area contributed by atoms with Gasteiger partial charge < -0.3 is 4.57 Å². The van der Waals surface area contributed by atoms with E-state index in [1.807, 2.05) is 41.3 Å².